The molecule has 27 heavy (non-hydrogen) atoms. The quantitative estimate of drug-likeness (QED) is 0.696. The monoisotopic (exact) mass is 383 g/mol. The van der Waals surface area contributed by atoms with Crippen molar-refractivity contribution in [3.05, 3.63) is 60.0 Å². The van der Waals surface area contributed by atoms with Crippen molar-refractivity contribution >= 4 is 22.4 Å². The van der Waals surface area contributed by atoms with E-state index in [0.717, 1.165) is 28.8 Å². The van der Waals surface area contributed by atoms with Crippen LogP contribution >= 0.6 is 11.3 Å². The van der Waals surface area contributed by atoms with Crippen LogP contribution in [0.4, 0.5) is 9.52 Å². The van der Waals surface area contributed by atoms with E-state index in [1.807, 2.05) is 23.1 Å². The van der Waals surface area contributed by atoms with Gasteiger partial charge in [0.2, 0.25) is 5.13 Å². The van der Waals surface area contributed by atoms with Crippen LogP contribution in [0.15, 0.2) is 48.7 Å². The van der Waals surface area contributed by atoms with Gasteiger partial charge in [-0.05, 0) is 42.8 Å². The lowest BCUT2D eigenvalue weighted by Gasteiger charge is -2.21. The van der Waals surface area contributed by atoms with Crippen LogP contribution in [0, 0.1) is 5.82 Å². The molecule has 0 radical (unpaired) electrons. The average molecular weight is 383 g/mol. The van der Waals surface area contributed by atoms with Gasteiger partial charge in [0.25, 0.3) is 5.91 Å². The maximum absolute atomic E-state index is 13.1. The van der Waals surface area contributed by atoms with Crippen molar-refractivity contribution in [2.24, 2.45) is 0 Å². The van der Waals surface area contributed by atoms with Crippen molar-refractivity contribution in [2.45, 2.75) is 6.42 Å². The number of hydrogen-bond donors (Lipinski definition) is 0. The molecule has 0 bridgehead atoms. The number of aromatic nitrogens is 3. The SMILES string of the molecule is O=C(c1ccc(F)cc1)N1CCCN(c2nnc(-c3ccccn3)s2)CC1. The zero-order chi connectivity index (χ0) is 18.6. The first kappa shape index (κ1) is 17.5. The molecule has 138 valence electrons. The number of pyridine rings is 1. The summed E-state index contributed by atoms with van der Waals surface area (Å²) in [5, 5.41) is 10.2. The van der Waals surface area contributed by atoms with Gasteiger partial charge >= 0.3 is 0 Å². The van der Waals surface area contributed by atoms with E-state index in [9.17, 15) is 9.18 Å². The van der Waals surface area contributed by atoms with Crippen molar-refractivity contribution in [3.63, 3.8) is 0 Å². The normalized spacial score (nSPS) is 14.9. The van der Waals surface area contributed by atoms with Crippen LogP contribution in [0.1, 0.15) is 16.8 Å². The lowest BCUT2D eigenvalue weighted by atomic mass is 10.2. The number of rotatable bonds is 3. The summed E-state index contributed by atoms with van der Waals surface area (Å²) in [6, 6.07) is 11.4. The highest BCUT2D eigenvalue weighted by Crippen LogP contribution is 2.28. The van der Waals surface area contributed by atoms with Gasteiger partial charge < -0.3 is 9.80 Å². The van der Waals surface area contributed by atoms with Crippen molar-refractivity contribution in [1.82, 2.24) is 20.1 Å². The third kappa shape index (κ3) is 3.95. The summed E-state index contributed by atoms with van der Waals surface area (Å²) in [6.45, 7) is 2.75. The first-order valence-corrected chi connectivity index (χ1v) is 9.57. The van der Waals surface area contributed by atoms with Crippen LogP contribution in [0.2, 0.25) is 0 Å². The van der Waals surface area contributed by atoms with Gasteiger partial charge in [0, 0.05) is 37.9 Å². The summed E-state index contributed by atoms with van der Waals surface area (Å²) in [5.41, 5.74) is 1.32. The van der Waals surface area contributed by atoms with Crippen LogP contribution < -0.4 is 4.90 Å². The summed E-state index contributed by atoms with van der Waals surface area (Å²) in [4.78, 5) is 20.9. The van der Waals surface area contributed by atoms with Gasteiger partial charge in [-0.3, -0.25) is 9.78 Å². The molecule has 0 spiro atoms. The maximum Gasteiger partial charge on any atom is 0.253 e. The van der Waals surface area contributed by atoms with Gasteiger partial charge in [0.15, 0.2) is 5.01 Å². The molecule has 1 amide bonds. The molecule has 2 aromatic heterocycles. The van der Waals surface area contributed by atoms with Crippen LogP contribution in [-0.4, -0.2) is 52.2 Å². The first-order chi connectivity index (χ1) is 13.2. The number of benzene rings is 1. The molecule has 1 saturated heterocycles. The van der Waals surface area contributed by atoms with Gasteiger partial charge in [0.1, 0.15) is 11.5 Å². The molecule has 3 aromatic rings. The minimum atomic E-state index is -0.339. The minimum Gasteiger partial charge on any atom is -0.345 e. The van der Waals surface area contributed by atoms with Crippen LogP contribution in [-0.2, 0) is 0 Å². The molecular weight excluding hydrogens is 365 g/mol. The summed E-state index contributed by atoms with van der Waals surface area (Å²) in [6.07, 6.45) is 2.58. The fraction of sp³-hybridized carbons (Fsp3) is 0.263. The van der Waals surface area contributed by atoms with Crippen molar-refractivity contribution in [2.75, 3.05) is 31.1 Å². The van der Waals surface area contributed by atoms with E-state index in [1.165, 1.54) is 35.6 Å². The van der Waals surface area contributed by atoms with E-state index in [-0.39, 0.29) is 11.7 Å². The molecule has 0 aliphatic carbocycles. The predicted octanol–water partition coefficient (Wildman–Crippen LogP) is 3.09. The average Bonchev–Trinajstić information content (AvgIpc) is 3.07. The van der Waals surface area contributed by atoms with E-state index in [4.69, 9.17) is 0 Å². The van der Waals surface area contributed by atoms with Gasteiger partial charge in [-0.15, -0.1) is 10.2 Å². The third-order valence-electron chi connectivity index (χ3n) is 4.44. The Kier molecular flexibility index (Phi) is 5.06. The highest BCUT2D eigenvalue weighted by atomic mass is 32.1. The predicted molar refractivity (Wildman–Crippen MR) is 102 cm³/mol. The number of nitrogens with zero attached hydrogens (tertiary/aromatic N) is 5. The second kappa shape index (κ2) is 7.79. The number of carbonyl (C=O) groups is 1. The Labute approximate surface area is 160 Å². The Balaban J connectivity index is 1.44. The zero-order valence-electron chi connectivity index (χ0n) is 14.6. The molecule has 1 aliphatic heterocycles. The highest BCUT2D eigenvalue weighted by molar-refractivity contribution is 7.18. The largest absolute Gasteiger partial charge is 0.345 e. The summed E-state index contributed by atoms with van der Waals surface area (Å²) >= 11 is 1.51. The molecule has 1 aromatic carbocycles. The Morgan fingerprint density at radius 2 is 1.85 bits per heavy atom. The second-order valence-electron chi connectivity index (χ2n) is 6.24. The Hall–Kier alpha value is -2.87. The molecule has 4 rings (SSSR count). The fourth-order valence-corrected chi connectivity index (χ4v) is 3.90. The van der Waals surface area contributed by atoms with E-state index < -0.39 is 0 Å². The molecule has 0 saturated carbocycles. The van der Waals surface area contributed by atoms with Crippen LogP contribution in [0.3, 0.4) is 0 Å². The van der Waals surface area contributed by atoms with Gasteiger partial charge in [-0.1, -0.05) is 17.4 Å². The molecule has 0 unspecified atom stereocenters. The number of anilines is 1. The topological polar surface area (TPSA) is 62.2 Å². The maximum atomic E-state index is 13.1. The lowest BCUT2D eigenvalue weighted by Crippen LogP contribution is -2.35. The fourth-order valence-electron chi connectivity index (χ4n) is 3.02. The van der Waals surface area contributed by atoms with Crippen molar-refractivity contribution in [3.8, 4) is 10.7 Å². The second-order valence-corrected chi connectivity index (χ2v) is 7.20. The zero-order valence-corrected chi connectivity index (χ0v) is 15.4. The number of halogens is 1. The first-order valence-electron chi connectivity index (χ1n) is 8.75. The van der Waals surface area contributed by atoms with E-state index in [2.05, 4.69) is 20.1 Å². The Morgan fingerprint density at radius 1 is 1.00 bits per heavy atom. The molecule has 3 heterocycles. The van der Waals surface area contributed by atoms with Crippen molar-refractivity contribution < 1.29 is 9.18 Å². The van der Waals surface area contributed by atoms with Crippen LogP contribution in [0.25, 0.3) is 10.7 Å². The Bertz CT molecular complexity index is 915. The lowest BCUT2D eigenvalue weighted by molar-refractivity contribution is 0.0767. The van der Waals surface area contributed by atoms with E-state index >= 15 is 0 Å². The summed E-state index contributed by atoms with van der Waals surface area (Å²) in [5.74, 6) is -0.406. The smallest absolute Gasteiger partial charge is 0.253 e. The number of hydrogen-bond acceptors (Lipinski definition) is 6. The molecular formula is C19H18FN5OS. The highest BCUT2D eigenvalue weighted by Gasteiger charge is 2.22. The van der Waals surface area contributed by atoms with Crippen LogP contribution in [0.5, 0.6) is 0 Å². The van der Waals surface area contributed by atoms with E-state index in [1.54, 1.807) is 6.20 Å². The molecule has 0 N–H and O–H groups in total. The van der Waals surface area contributed by atoms with Crippen molar-refractivity contribution in [1.29, 1.82) is 0 Å². The van der Waals surface area contributed by atoms with Gasteiger partial charge in [-0.2, -0.15) is 0 Å². The number of amides is 1. The van der Waals surface area contributed by atoms with Gasteiger partial charge in [0.05, 0.1) is 0 Å². The summed E-state index contributed by atoms with van der Waals surface area (Å²) in [7, 11) is 0. The van der Waals surface area contributed by atoms with Gasteiger partial charge in [-0.25, -0.2) is 4.39 Å². The Morgan fingerprint density at radius 3 is 2.63 bits per heavy atom. The van der Waals surface area contributed by atoms with E-state index in [0.29, 0.717) is 25.2 Å². The summed E-state index contributed by atoms with van der Waals surface area (Å²) < 4.78 is 13.1. The molecule has 6 nitrogen and oxygen atoms in total. The molecule has 1 fully saturated rings. The molecule has 8 heteroatoms. The molecule has 1 aliphatic rings. The number of carbonyl (C=O) groups excluding carboxylic acids is 1. The third-order valence-corrected chi connectivity index (χ3v) is 5.45. The molecule has 0 atom stereocenters. The minimum absolute atomic E-state index is 0.0664. The standard InChI is InChI=1S/C19H18FN5OS/c20-15-7-5-14(6-8-15)18(26)24-10-3-11-25(13-12-24)19-23-22-17(27-19)16-4-1-2-9-21-16/h1-2,4-9H,3,10-13H2.